The number of ketones is 2. The normalized spacial score (nSPS) is 26.8. The molecule has 0 bridgehead atoms. The number of allylic oxidation sites excluding steroid dienone is 4. The molecule has 1 aromatic carbocycles. The Bertz CT molecular complexity index is 1020. The van der Waals surface area contributed by atoms with Gasteiger partial charge in [0.1, 0.15) is 11.5 Å². The number of Topliss-reactive ketones (excluding diaryl/α,β-unsaturated/α-hetero) is 2. The maximum Gasteiger partial charge on any atom is 0.161 e. The van der Waals surface area contributed by atoms with Crippen molar-refractivity contribution in [3.63, 3.8) is 0 Å². The van der Waals surface area contributed by atoms with Crippen molar-refractivity contribution in [3.8, 4) is 5.75 Å². The second-order valence-corrected chi connectivity index (χ2v) is 11.9. The summed E-state index contributed by atoms with van der Waals surface area (Å²) in [7, 11) is 0. The highest BCUT2D eigenvalue weighted by atomic mass is 79.9. The zero-order valence-electron chi connectivity index (χ0n) is 19.3. The lowest BCUT2D eigenvalue weighted by atomic mass is 9.62. The van der Waals surface area contributed by atoms with Crippen molar-refractivity contribution in [2.45, 2.75) is 72.8 Å². The molecule has 5 heteroatoms. The largest absolute Gasteiger partial charge is 0.491 e. The number of hydrogen-bond acceptors (Lipinski definition) is 4. The summed E-state index contributed by atoms with van der Waals surface area (Å²) < 4.78 is 7.07. The molecule has 0 spiro atoms. The summed E-state index contributed by atoms with van der Waals surface area (Å²) in [6, 6.07) is 5.92. The van der Waals surface area contributed by atoms with Crippen LogP contribution in [0.5, 0.6) is 5.75 Å². The molecule has 4 nitrogen and oxygen atoms in total. The first kappa shape index (κ1) is 22.3. The fourth-order valence-electron chi connectivity index (χ4n) is 5.38. The summed E-state index contributed by atoms with van der Waals surface area (Å²) in [5, 5.41) is 3.55. The van der Waals surface area contributed by atoms with Crippen molar-refractivity contribution >= 4 is 27.5 Å². The number of carbonyl (C=O) groups is 2. The molecule has 31 heavy (non-hydrogen) atoms. The molecule has 0 fully saturated rings. The van der Waals surface area contributed by atoms with E-state index in [-0.39, 0.29) is 40.3 Å². The van der Waals surface area contributed by atoms with Gasteiger partial charge in [0, 0.05) is 45.8 Å². The van der Waals surface area contributed by atoms with Crippen LogP contribution in [0.25, 0.3) is 0 Å². The van der Waals surface area contributed by atoms with Gasteiger partial charge in [0.15, 0.2) is 5.78 Å². The summed E-state index contributed by atoms with van der Waals surface area (Å²) in [4.78, 5) is 27.0. The Labute approximate surface area is 193 Å². The third-order valence-electron chi connectivity index (χ3n) is 6.39. The van der Waals surface area contributed by atoms with Gasteiger partial charge in [-0.2, -0.15) is 0 Å². The average molecular weight is 486 g/mol. The van der Waals surface area contributed by atoms with E-state index in [1.54, 1.807) is 0 Å². The van der Waals surface area contributed by atoms with Crippen LogP contribution in [0.1, 0.15) is 72.3 Å². The van der Waals surface area contributed by atoms with E-state index in [1.807, 2.05) is 32.0 Å². The molecule has 1 aliphatic heterocycles. The van der Waals surface area contributed by atoms with E-state index >= 15 is 0 Å². The molecule has 0 amide bonds. The van der Waals surface area contributed by atoms with Crippen LogP contribution in [0.15, 0.2) is 45.7 Å². The minimum atomic E-state index is -0.388. The van der Waals surface area contributed by atoms with Gasteiger partial charge >= 0.3 is 0 Å². The first-order valence-electron chi connectivity index (χ1n) is 11.1. The van der Waals surface area contributed by atoms with E-state index in [0.29, 0.717) is 12.8 Å². The third-order valence-corrected chi connectivity index (χ3v) is 6.88. The number of nitrogens with one attached hydrogen (secondary N) is 1. The maximum absolute atomic E-state index is 13.5. The fraction of sp³-hybridized carbons (Fsp3) is 0.538. The zero-order valence-corrected chi connectivity index (χ0v) is 20.9. The second-order valence-electron chi connectivity index (χ2n) is 11.0. The molecule has 1 N–H and O–H groups in total. The van der Waals surface area contributed by atoms with Gasteiger partial charge in [0.05, 0.1) is 12.0 Å². The smallest absolute Gasteiger partial charge is 0.161 e. The Morgan fingerprint density at radius 3 is 2.45 bits per heavy atom. The monoisotopic (exact) mass is 485 g/mol. The van der Waals surface area contributed by atoms with Crippen molar-refractivity contribution in [1.29, 1.82) is 0 Å². The van der Waals surface area contributed by atoms with Crippen LogP contribution >= 0.6 is 15.9 Å². The number of halogens is 1. The Morgan fingerprint density at radius 1 is 1.06 bits per heavy atom. The molecule has 2 aliphatic carbocycles. The second kappa shape index (κ2) is 7.61. The van der Waals surface area contributed by atoms with Gasteiger partial charge in [-0.15, -0.1) is 0 Å². The number of benzene rings is 1. The van der Waals surface area contributed by atoms with E-state index in [2.05, 4.69) is 55.0 Å². The van der Waals surface area contributed by atoms with Crippen LogP contribution < -0.4 is 10.1 Å². The fourth-order valence-corrected chi connectivity index (χ4v) is 5.76. The first-order valence-corrected chi connectivity index (χ1v) is 11.9. The van der Waals surface area contributed by atoms with Crippen LogP contribution in [0.4, 0.5) is 0 Å². The molecule has 2 unspecified atom stereocenters. The highest BCUT2D eigenvalue weighted by molar-refractivity contribution is 9.10. The summed E-state index contributed by atoms with van der Waals surface area (Å²) >= 11 is 3.60. The summed E-state index contributed by atoms with van der Waals surface area (Å²) in [6.45, 7) is 12.4. The van der Waals surface area contributed by atoms with Crippen LogP contribution in [0.2, 0.25) is 0 Å². The van der Waals surface area contributed by atoms with Gasteiger partial charge in [-0.3, -0.25) is 9.59 Å². The lowest BCUT2D eigenvalue weighted by Gasteiger charge is -2.46. The molecule has 166 valence electrons. The molecular weight excluding hydrogens is 454 g/mol. The highest BCUT2D eigenvalue weighted by Gasteiger charge is 2.49. The standard InChI is InChI=1S/C26H32BrNO3/c1-14(2)31-21-8-7-15(27)9-16(21)22-23-17(10-25(3,4)12-19(23)29)28-18-11-26(5,6)13-20(30)24(18)22/h7-10,14,22-23,28H,11-13H2,1-6H3. The van der Waals surface area contributed by atoms with E-state index in [0.717, 1.165) is 39.2 Å². The lowest BCUT2D eigenvalue weighted by Crippen LogP contribution is -2.46. The molecular formula is C26H32BrNO3. The van der Waals surface area contributed by atoms with Gasteiger partial charge in [-0.1, -0.05) is 49.7 Å². The first-order chi connectivity index (χ1) is 14.4. The summed E-state index contributed by atoms with van der Waals surface area (Å²) in [5.74, 6) is 0.337. The van der Waals surface area contributed by atoms with Gasteiger partial charge in [-0.25, -0.2) is 0 Å². The SMILES string of the molecule is CC(C)Oc1ccc(Br)cc1C1C2=C(CC(C)(C)CC2=O)NC2=CC(C)(C)CC(=O)C21. The quantitative estimate of drug-likeness (QED) is 0.564. The topological polar surface area (TPSA) is 55.4 Å². The third kappa shape index (κ3) is 4.26. The Hall–Kier alpha value is -1.88. The molecule has 0 radical (unpaired) electrons. The zero-order chi connectivity index (χ0) is 22.7. The number of fused-ring (bicyclic) bond motifs is 1. The number of carbonyl (C=O) groups excluding carboxylic acids is 2. The van der Waals surface area contributed by atoms with Crippen molar-refractivity contribution in [2.24, 2.45) is 16.7 Å². The molecule has 0 saturated heterocycles. The molecule has 3 aliphatic rings. The number of ether oxygens (including phenoxy) is 1. The minimum Gasteiger partial charge on any atom is -0.491 e. The highest BCUT2D eigenvalue weighted by Crippen LogP contribution is 2.53. The van der Waals surface area contributed by atoms with Gasteiger partial charge < -0.3 is 10.1 Å². The van der Waals surface area contributed by atoms with Crippen molar-refractivity contribution in [2.75, 3.05) is 0 Å². The predicted molar refractivity (Wildman–Crippen MR) is 126 cm³/mol. The number of rotatable bonds is 3. The predicted octanol–water partition coefficient (Wildman–Crippen LogP) is 6.07. The maximum atomic E-state index is 13.5. The van der Waals surface area contributed by atoms with E-state index in [9.17, 15) is 9.59 Å². The van der Waals surface area contributed by atoms with E-state index in [4.69, 9.17) is 4.74 Å². The van der Waals surface area contributed by atoms with Crippen molar-refractivity contribution in [3.05, 3.63) is 51.3 Å². The van der Waals surface area contributed by atoms with E-state index < -0.39 is 0 Å². The van der Waals surface area contributed by atoms with Gasteiger partial charge in [-0.05, 0) is 49.3 Å². The minimum absolute atomic E-state index is 0.00733. The molecule has 1 aromatic rings. The summed E-state index contributed by atoms with van der Waals surface area (Å²) in [5.41, 5.74) is 3.27. The summed E-state index contributed by atoms with van der Waals surface area (Å²) in [6.07, 6.45) is 3.94. The van der Waals surface area contributed by atoms with Gasteiger partial charge in [0.25, 0.3) is 0 Å². The molecule has 4 rings (SSSR count). The van der Waals surface area contributed by atoms with Crippen LogP contribution in [0, 0.1) is 16.7 Å². The molecule has 1 heterocycles. The lowest BCUT2D eigenvalue weighted by molar-refractivity contribution is -0.125. The van der Waals surface area contributed by atoms with Gasteiger partial charge in [0.2, 0.25) is 0 Å². The average Bonchev–Trinajstić information content (AvgIpc) is 2.59. The Morgan fingerprint density at radius 2 is 1.77 bits per heavy atom. The van der Waals surface area contributed by atoms with E-state index in [1.165, 1.54) is 0 Å². The Kier molecular flexibility index (Phi) is 5.48. The van der Waals surface area contributed by atoms with Crippen LogP contribution in [-0.4, -0.2) is 17.7 Å². The number of hydrogen-bond donors (Lipinski definition) is 1. The Balaban J connectivity index is 1.97. The van der Waals surface area contributed by atoms with Crippen molar-refractivity contribution in [1.82, 2.24) is 5.32 Å². The molecule has 0 aromatic heterocycles. The van der Waals surface area contributed by atoms with Crippen LogP contribution in [-0.2, 0) is 9.59 Å². The van der Waals surface area contributed by atoms with Crippen LogP contribution in [0.3, 0.4) is 0 Å². The molecule has 0 saturated carbocycles. The molecule has 2 atom stereocenters. The van der Waals surface area contributed by atoms with Crippen molar-refractivity contribution < 1.29 is 14.3 Å².